The molecule has 1 aliphatic rings. The van der Waals surface area contributed by atoms with Crippen molar-refractivity contribution in [1.29, 1.82) is 0 Å². The average molecular weight is 584 g/mol. The van der Waals surface area contributed by atoms with Crippen molar-refractivity contribution in [3.05, 3.63) is 78.2 Å². The number of benzene rings is 2. The number of ether oxygens (including phenoxy) is 1. The lowest BCUT2D eigenvalue weighted by Gasteiger charge is -2.14. The number of amides is 1. The van der Waals surface area contributed by atoms with Crippen LogP contribution in [0, 0.1) is 0 Å². The van der Waals surface area contributed by atoms with Gasteiger partial charge in [0.05, 0.1) is 22.8 Å². The van der Waals surface area contributed by atoms with Gasteiger partial charge in [0.25, 0.3) is 0 Å². The number of anilines is 1. The van der Waals surface area contributed by atoms with Crippen LogP contribution in [0.1, 0.15) is 37.3 Å². The number of carboxylic acids is 1. The predicted molar refractivity (Wildman–Crippen MR) is 161 cm³/mol. The molecule has 0 saturated heterocycles. The number of hydrogen-bond acceptors (Lipinski definition) is 7. The van der Waals surface area contributed by atoms with Crippen LogP contribution in [-0.2, 0) is 22.0 Å². The van der Waals surface area contributed by atoms with Crippen LogP contribution in [0.2, 0.25) is 0 Å². The molecule has 0 radical (unpaired) electrons. The van der Waals surface area contributed by atoms with Gasteiger partial charge in [-0.25, -0.2) is 9.78 Å². The summed E-state index contributed by atoms with van der Waals surface area (Å²) >= 11 is 3.31. The molecule has 0 bridgehead atoms. The summed E-state index contributed by atoms with van der Waals surface area (Å²) in [5.41, 5.74) is 3.53. The van der Waals surface area contributed by atoms with E-state index in [2.05, 4.69) is 32.5 Å². The molecule has 1 fully saturated rings. The van der Waals surface area contributed by atoms with E-state index in [4.69, 9.17) is 4.74 Å². The van der Waals surface area contributed by atoms with Gasteiger partial charge in [-0.2, -0.15) is 5.10 Å². The van der Waals surface area contributed by atoms with Gasteiger partial charge in [-0.05, 0) is 55.2 Å². The monoisotopic (exact) mass is 583 g/mol. The third kappa shape index (κ3) is 4.47. The predicted octanol–water partition coefficient (Wildman–Crippen LogP) is 7.33. The summed E-state index contributed by atoms with van der Waals surface area (Å²) in [6, 6.07) is 19.9. The number of nitrogens with one attached hydrogen (secondary N) is 2. The molecule has 9 nitrogen and oxygen atoms in total. The van der Waals surface area contributed by atoms with Crippen LogP contribution in [0.5, 0.6) is 0 Å². The molecule has 0 unspecified atom stereocenters. The summed E-state index contributed by atoms with van der Waals surface area (Å²) in [6.45, 7) is 1.84. The van der Waals surface area contributed by atoms with Crippen LogP contribution in [0.3, 0.4) is 0 Å². The lowest BCUT2D eigenvalue weighted by Crippen LogP contribution is -2.20. The van der Waals surface area contributed by atoms with Crippen molar-refractivity contribution in [2.75, 3.05) is 5.32 Å². The summed E-state index contributed by atoms with van der Waals surface area (Å²) in [5.74, 6) is 0.282. The number of thiophene rings is 2. The second-order valence-electron chi connectivity index (χ2n) is 10.3. The van der Waals surface area contributed by atoms with Gasteiger partial charge in [-0.15, -0.1) is 22.7 Å². The fourth-order valence-corrected chi connectivity index (χ4v) is 7.43. The topological polar surface area (TPSA) is 122 Å². The Hall–Kier alpha value is -4.48. The molecule has 0 spiro atoms. The Morgan fingerprint density at radius 3 is 2.54 bits per heavy atom. The van der Waals surface area contributed by atoms with Crippen molar-refractivity contribution in [3.63, 3.8) is 0 Å². The van der Waals surface area contributed by atoms with E-state index in [0.717, 1.165) is 46.9 Å². The number of aryl methyl sites for hydroxylation is 1. The normalized spacial score (nSPS) is 14.8. The molecule has 11 heteroatoms. The number of imidazole rings is 1. The third-order valence-corrected chi connectivity index (χ3v) is 9.94. The number of aromatic nitrogens is 4. The SMILES string of the molecule is C[C@@H](OC(=O)Nc1c(-c2cc3sc(-c4ccc5nc(C6(C(=O)O)CC6)[nH]c5c4)cc3s2)cnn1C)c1ccccc1. The fourth-order valence-electron chi connectivity index (χ4n) is 5.02. The van der Waals surface area contributed by atoms with Gasteiger partial charge in [0.1, 0.15) is 23.2 Å². The second-order valence-corrected chi connectivity index (χ2v) is 12.4. The third-order valence-electron chi connectivity index (χ3n) is 7.56. The van der Waals surface area contributed by atoms with E-state index < -0.39 is 23.6 Å². The Kier molecular flexibility index (Phi) is 5.95. The highest BCUT2D eigenvalue weighted by Gasteiger charge is 2.54. The van der Waals surface area contributed by atoms with Crippen LogP contribution < -0.4 is 5.32 Å². The van der Waals surface area contributed by atoms with Gasteiger partial charge in [0.2, 0.25) is 0 Å². The summed E-state index contributed by atoms with van der Waals surface area (Å²) in [5, 5.41) is 16.9. The molecule has 206 valence electrons. The number of aromatic amines is 1. The van der Waals surface area contributed by atoms with Crippen molar-refractivity contribution in [3.8, 4) is 20.9 Å². The Morgan fingerprint density at radius 2 is 1.80 bits per heavy atom. The zero-order valence-electron chi connectivity index (χ0n) is 22.2. The molecule has 1 atom stereocenters. The Bertz CT molecular complexity index is 1920. The van der Waals surface area contributed by atoms with Gasteiger partial charge in [0.15, 0.2) is 0 Å². The standard InChI is InChI=1S/C30H25N5O4S2/c1-16(17-6-4-3-5-7-17)39-29(38)34-26-19(15-31-35(26)2)23-14-25-24(41-23)13-22(40-25)18-8-9-20-21(12-18)33-27(32-20)30(10-11-30)28(36)37/h3-9,12-16H,10-11H2,1-2H3,(H,32,33)(H,34,38)(H,36,37)/t16-/m1/s1. The zero-order valence-corrected chi connectivity index (χ0v) is 23.8. The molecule has 4 aromatic heterocycles. The maximum Gasteiger partial charge on any atom is 0.413 e. The van der Waals surface area contributed by atoms with Crippen molar-refractivity contribution < 1.29 is 19.4 Å². The minimum Gasteiger partial charge on any atom is -0.480 e. The first-order valence-electron chi connectivity index (χ1n) is 13.1. The number of carbonyl (C=O) groups is 2. The molecule has 1 saturated carbocycles. The van der Waals surface area contributed by atoms with Gasteiger partial charge in [-0.3, -0.25) is 14.8 Å². The summed E-state index contributed by atoms with van der Waals surface area (Å²) in [4.78, 5) is 34.4. The largest absolute Gasteiger partial charge is 0.480 e. The van der Waals surface area contributed by atoms with Crippen molar-refractivity contribution >= 4 is 61.0 Å². The first kappa shape index (κ1) is 25.5. The highest BCUT2D eigenvalue weighted by molar-refractivity contribution is 7.31. The number of rotatable bonds is 7. The van der Waals surface area contributed by atoms with Crippen LogP contribution in [0.25, 0.3) is 41.3 Å². The molecular formula is C30H25N5O4S2. The molecule has 6 aromatic rings. The summed E-state index contributed by atoms with van der Waals surface area (Å²) in [7, 11) is 1.78. The number of carbonyl (C=O) groups excluding carboxylic acids is 1. The number of nitrogens with zero attached hydrogens (tertiary/aromatic N) is 3. The maximum atomic E-state index is 12.7. The van der Waals surface area contributed by atoms with E-state index >= 15 is 0 Å². The number of carboxylic acid groups (broad SMARTS) is 1. The second kappa shape index (κ2) is 9.57. The summed E-state index contributed by atoms with van der Waals surface area (Å²) in [6.07, 6.45) is 2.04. The van der Waals surface area contributed by atoms with E-state index in [9.17, 15) is 14.7 Å². The number of hydrogen-bond donors (Lipinski definition) is 3. The Labute approximate surface area is 242 Å². The Morgan fingerprint density at radius 1 is 1.07 bits per heavy atom. The highest BCUT2D eigenvalue weighted by Crippen LogP contribution is 2.48. The van der Waals surface area contributed by atoms with Gasteiger partial charge in [0, 0.05) is 26.2 Å². The molecule has 1 amide bonds. The number of fused-ring (bicyclic) bond motifs is 2. The Balaban J connectivity index is 1.12. The maximum absolute atomic E-state index is 12.7. The van der Waals surface area contributed by atoms with Crippen LogP contribution in [-0.4, -0.2) is 36.9 Å². The molecule has 41 heavy (non-hydrogen) atoms. The van der Waals surface area contributed by atoms with E-state index in [1.165, 1.54) is 0 Å². The van der Waals surface area contributed by atoms with Gasteiger partial charge in [-0.1, -0.05) is 36.4 Å². The van der Waals surface area contributed by atoms with E-state index in [1.54, 1.807) is 40.6 Å². The van der Waals surface area contributed by atoms with Crippen molar-refractivity contribution in [2.24, 2.45) is 7.05 Å². The molecule has 4 heterocycles. The fraction of sp³-hybridized carbons (Fsp3) is 0.200. The lowest BCUT2D eigenvalue weighted by molar-refractivity contribution is -0.140. The number of aliphatic carboxylic acids is 1. The molecule has 3 N–H and O–H groups in total. The molecule has 1 aliphatic carbocycles. The lowest BCUT2D eigenvalue weighted by atomic mass is 10.1. The highest BCUT2D eigenvalue weighted by atomic mass is 32.1. The first-order valence-corrected chi connectivity index (χ1v) is 14.8. The molecule has 7 rings (SSSR count). The quantitative estimate of drug-likeness (QED) is 0.181. The van der Waals surface area contributed by atoms with Gasteiger partial charge < -0.3 is 14.8 Å². The smallest absolute Gasteiger partial charge is 0.413 e. The molecule has 0 aliphatic heterocycles. The van der Waals surface area contributed by atoms with E-state index in [1.807, 2.05) is 55.5 Å². The molecular weight excluding hydrogens is 558 g/mol. The van der Waals surface area contributed by atoms with Gasteiger partial charge >= 0.3 is 12.1 Å². The number of H-pyrrole nitrogens is 1. The average Bonchev–Trinajstić information content (AvgIpc) is 3.20. The minimum atomic E-state index is -0.863. The van der Waals surface area contributed by atoms with E-state index in [0.29, 0.717) is 24.5 Å². The van der Waals surface area contributed by atoms with Crippen molar-refractivity contribution in [1.82, 2.24) is 19.7 Å². The summed E-state index contributed by atoms with van der Waals surface area (Å²) < 4.78 is 9.50. The zero-order chi connectivity index (χ0) is 28.3. The van der Waals surface area contributed by atoms with Crippen LogP contribution >= 0.6 is 22.7 Å². The van der Waals surface area contributed by atoms with Crippen molar-refractivity contribution in [2.45, 2.75) is 31.3 Å². The van der Waals surface area contributed by atoms with E-state index in [-0.39, 0.29) is 0 Å². The first-order chi connectivity index (χ1) is 19.8. The minimum absolute atomic E-state index is 0.391. The van der Waals surface area contributed by atoms with Crippen LogP contribution in [0.4, 0.5) is 10.6 Å². The molecule has 2 aromatic carbocycles. The van der Waals surface area contributed by atoms with Crippen LogP contribution in [0.15, 0.2) is 66.9 Å².